The third-order valence-electron chi connectivity index (χ3n) is 3.70. The predicted molar refractivity (Wildman–Crippen MR) is 98.3 cm³/mol. The fraction of sp³-hybridized carbons (Fsp3) is 0.0526. The molecular weight excluding hydrogens is 398 g/mol. The molecule has 0 fully saturated rings. The number of hydrogen-bond acceptors (Lipinski definition) is 3. The first-order chi connectivity index (χ1) is 13.2. The Morgan fingerprint density at radius 2 is 1.68 bits per heavy atom. The molecule has 0 bridgehead atoms. The number of alkyl halides is 3. The Kier molecular flexibility index (Phi) is 5.51. The van der Waals surface area contributed by atoms with Crippen molar-refractivity contribution < 1.29 is 22.4 Å². The number of nitrogens with one attached hydrogen (secondary N) is 2. The van der Waals surface area contributed by atoms with E-state index in [4.69, 9.17) is 11.6 Å². The number of benzene rings is 2. The van der Waals surface area contributed by atoms with E-state index in [-0.39, 0.29) is 22.1 Å². The summed E-state index contributed by atoms with van der Waals surface area (Å²) in [6, 6.07) is 11.1. The Bertz CT molecular complexity index is 1010. The molecule has 144 valence electrons. The average molecular weight is 410 g/mol. The summed E-state index contributed by atoms with van der Waals surface area (Å²) in [5.74, 6) is -1.02. The molecule has 2 aromatic carbocycles. The zero-order valence-corrected chi connectivity index (χ0v) is 14.8. The molecule has 3 rings (SSSR count). The quantitative estimate of drug-likeness (QED) is 0.528. The van der Waals surface area contributed by atoms with Gasteiger partial charge in [-0.15, -0.1) is 0 Å². The molecule has 0 saturated carbocycles. The maximum atomic E-state index is 13.2. The number of halogens is 5. The van der Waals surface area contributed by atoms with Crippen LogP contribution in [0.15, 0.2) is 60.8 Å². The molecule has 0 aliphatic heterocycles. The highest BCUT2D eigenvalue weighted by Gasteiger charge is 2.30. The molecule has 9 heteroatoms. The lowest BCUT2D eigenvalue weighted by Gasteiger charge is -2.12. The SMILES string of the molecule is O=C(Nc1ccc(F)c(Cl)c1)c1cccnc1Nc1ccc(C(F)(F)F)cc1. The highest BCUT2D eigenvalue weighted by Crippen LogP contribution is 2.30. The number of hydrogen-bond donors (Lipinski definition) is 2. The molecule has 0 radical (unpaired) electrons. The van der Waals surface area contributed by atoms with E-state index in [1.807, 2.05) is 0 Å². The molecule has 0 unspecified atom stereocenters. The van der Waals surface area contributed by atoms with E-state index in [1.165, 1.54) is 42.6 Å². The van der Waals surface area contributed by atoms with Crippen LogP contribution < -0.4 is 10.6 Å². The Labute approximate surface area is 162 Å². The average Bonchev–Trinajstić information content (AvgIpc) is 2.65. The van der Waals surface area contributed by atoms with E-state index in [0.29, 0.717) is 5.69 Å². The van der Waals surface area contributed by atoms with Gasteiger partial charge in [-0.2, -0.15) is 13.2 Å². The van der Waals surface area contributed by atoms with Crippen LogP contribution in [0, 0.1) is 5.82 Å². The Hall–Kier alpha value is -3.13. The maximum Gasteiger partial charge on any atom is 0.416 e. The van der Waals surface area contributed by atoms with Crippen LogP contribution in [0.1, 0.15) is 15.9 Å². The van der Waals surface area contributed by atoms with Crippen molar-refractivity contribution >= 4 is 34.7 Å². The summed E-state index contributed by atoms with van der Waals surface area (Å²) in [7, 11) is 0. The van der Waals surface area contributed by atoms with E-state index in [0.717, 1.165) is 18.2 Å². The van der Waals surface area contributed by atoms with Gasteiger partial charge in [-0.25, -0.2) is 9.37 Å². The van der Waals surface area contributed by atoms with E-state index in [2.05, 4.69) is 15.6 Å². The lowest BCUT2D eigenvalue weighted by molar-refractivity contribution is -0.137. The minimum Gasteiger partial charge on any atom is -0.340 e. The van der Waals surface area contributed by atoms with Gasteiger partial charge in [0, 0.05) is 17.6 Å². The molecule has 1 amide bonds. The van der Waals surface area contributed by atoms with Crippen LogP contribution in [0.5, 0.6) is 0 Å². The molecule has 0 atom stereocenters. The Morgan fingerprint density at radius 1 is 1.00 bits per heavy atom. The highest BCUT2D eigenvalue weighted by atomic mass is 35.5. The summed E-state index contributed by atoms with van der Waals surface area (Å²) in [6.07, 6.45) is -3.01. The zero-order chi connectivity index (χ0) is 20.3. The largest absolute Gasteiger partial charge is 0.416 e. The first-order valence-electron chi connectivity index (χ1n) is 7.90. The van der Waals surface area contributed by atoms with Crippen molar-refractivity contribution in [3.63, 3.8) is 0 Å². The standard InChI is InChI=1S/C19H12ClF4N3O/c20-15-10-13(7-8-16(15)21)27-18(28)14-2-1-9-25-17(14)26-12-5-3-11(4-6-12)19(22,23)24/h1-10H,(H,25,26)(H,27,28). The predicted octanol–water partition coefficient (Wildman–Crippen LogP) is 5.89. The van der Waals surface area contributed by atoms with Crippen LogP contribution >= 0.6 is 11.6 Å². The van der Waals surface area contributed by atoms with Crippen molar-refractivity contribution in [3.8, 4) is 0 Å². The fourth-order valence-corrected chi connectivity index (χ4v) is 2.52. The van der Waals surface area contributed by atoms with Gasteiger partial charge in [0.25, 0.3) is 5.91 Å². The maximum absolute atomic E-state index is 13.2. The van der Waals surface area contributed by atoms with Crippen LogP contribution in [-0.2, 0) is 6.18 Å². The van der Waals surface area contributed by atoms with Gasteiger partial charge in [0.15, 0.2) is 0 Å². The molecule has 28 heavy (non-hydrogen) atoms. The molecule has 2 N–H and O–H groups in total. The second-order valence-electron chi connectivity index (χ2n) is 5.68. The van der Waals surface area contributed by atoms with Gasteiger partial charge in [-0.1, -0.05) is 11.6 Å². The Balaban J connectivity index is 1.80. The zero-order valence-electron chi connectivity index (χ0n) is 14.0. The minimum atomic E-state index is -4.44. The molecule has 0 spiro atoms. The second kappa shape index (κ2) is 7.85. The number of pyridine rings is 1. The number of amides is 1. The minimum absolute atomic E-state index is 0.142. The van der Waals surface area contributed by atoms with Crippen molar-refractivity contribution in [2.45, 2.75) is 6.18 Å². The molecular formula is C19H12ClF4N3O. The normalized spacial score (nSPS) is 11.2. The van der Waals surface area contributed by atoms with Crippen LogP contribution in [-0.4, -0.2) is 10.9 Å². The monoisotopic (exact) mass is 409 g/mol. The molecule has 1 heterocycles. The molecule has 0 aliphatic carbocycles. The first-order valence-corrected chi connectivity index (χ1v) is 8.27. The number of carbonyl (C=O) groups is 1. The number of anilines is 3. The smallest absolute Gasteiger partial charge is 0.340 e. The third kappa shape index (κ3) is 4.58. The molecule has 1 aromatic heterocycles. The Morgan fingerprint density at radius 3 is 2.32 bits per heavy atom. The summed E-state index contributed by atoms with van der Waals surface area (Å²) >= 11 is 5.70. The van der Waals surface area contributed by atoms with E-state index in [9.17, 15) is 22.4 Å². The van der Waals surface area contributed by atoms with Crippen molar-refractivity contribution in [3.05, 3.63) is 82.8 Å². The lowest BCUT2D eigenvalue weighted by Crippen LogP contribution is -2.14. The first kappa shape index (κ1) is 19.6. The molecule has 4 nitrogen and oxygen atoms in total. The summed E-state index contributed by atoms with van der Waals surface area (Å²) in [5, 5.41) is 5.23. The molecule has 3 aromatic rings. The van der Waals surface area contributed by atoms with Crippen LogP contribution in [0.4, 0.5) is 34.8 Å². The topological polar surface area (TPSA) is 54.0 Å². The third-order valence-corrected chi connectivity index (χ3v) is 3.99. The summed E-state index contributed by atoms with van der Waals surface area (Å²) in [4.78, 5) is 16.6. The number of carbonyl (C=O) groups excluding carboxylic acids is 1. The van der Waals surface area contributed by atoms with E-state index < -0.39 is 23.5 Å². The van der Waals surface area contributed by atoms with Gasteiger partial charge in [-0.3, -0.25) is 4.79 Å². The van der Waals surface area contributed by atoms with Gasteiger partial charge in [0.2, 0.25) is 0 Å². The van der Waals surface area contributed by atoms with Crippen LogP contribution in [0.25, 0.3) is 0 Å². The second-order valence-corrected chi connectivity index (χ2v) is 6.09. The van der Waals surface area contributed by atoms with Gasteiger partial charge in [-0.05, 0) is 54.6 Å². The van der Waals surface area contributed by atoms with Gasteiger partial charge >= 0.3 is 6.18 Å². The van der Waals surface area contributed by atoms with Gasteiger partial charge < -0.3 is 10.6 Å². The van der Waals surface area contributed by atoms with E-state index >= 15 is 0 Å². The fourth-order valence-electron chi connectivity index (χ4n) is 2.34. The lowest BCUT2D eigenvalue weighted by atomic mass is 10.2. The van der Waals surface area contributed by atoms with Gasteiger partial charge in [0.05, 0.1) is 16.1 Å². The van der Waals surface area contributed by atoms with Crippen molar-refractivity contribution in [2.75, 3.05) is 10.6 Å². The van der Waals surface area contributed by atoms with E-state index in [1.54, 1.807) is 0 Å². The van der Waals surface area contributed by atoms with Gasteiger partial charge in [0.1, 0.15) is 11.6 Å². The number of nitrogens with zero attached hydrogens (tertiary/aromatic N) is 1. The number of aromatic nitrogens is 1. The van der Waals surface area contributed by atoms with Crippen molar-refractivity contribution in [1.82, 2.24) is 4.98 Å². The van der Waals surface area contributed by atoms with Crippen LogP contribution in [0.2, 0.25) is 5.02 Å². The van der Waals surface area contributed by atoms with Crippen LogP contribution in [0.3, 0.4) is 0 Å². The van der Waals surface area contributed by atoms with Crippen molar-refractivity contribution in [1.29, 1.82) is 0 Å². The highest BCUT2D eigenvalue weighted by molar-refractivity contribution is 6.31. The summed E-state index contributed by atoms with van der Waals surface area (Å²) in [6.45, 7) is 0. The molecule has 0 aliphatic rings. The summed E-state index contributed by atoms with van der Waals surface area (Å²) < 4.78 is 51.2. The summed E-state index contributed by atoms with van der Waals surface area (Å²) in [5.41, 5.74) is -0.0422. The number of rotatable bonds is 4. The van der Waals surface area contributed by atoms with Crippen molar-refractivity contribution in [2.24, 2.45) is 0 Å². The molecule has 0 saturated heterocycles.